The first kappa shape index (κ1) is 19.8. The first-order valence-electron chi connectivity index (χ1n) is 9.19. The van der Waals surface area contributed by atoms with Crippen LogP contribution in [0, 0.1) is 6.92 Å². The molecule has 2 aromatic carbocycles. The van der Waals surface area contributed by atoms with Crippen molar-refractivity contribution in [3.8, 4) is 0 Å². The van der Waals surface area contributed by atoms with Crippen molar-refractivity contribution < 1.29 is 13.2 Å². The second-order valence-corrected chi connectivity index (χ2v) is 9.85. The predicted octanol–water partition coefficient (Wildman–Crippen LogP) is 3.50. The molecule has 1 aliphatic rings. The summed E-state index contributed by atoms with van der Waals surface area (Å²) in [5, 5.41) is 2.41. The maximum Gasteiger partial charge on any atom is 0.252 e. The van der Waals surface area contributed by atoms with Gasteiger partial charge in [-0.15, -0.1) is 11.3 Å². The molecule has 4 rings (SSSR count). The maximum absolute atomic E-state index is 13.8. The van der Waals surface area contributed by atoms with Gasteiger partial charge in [-0.2, -0.15) is 4.31 Å². The van der Waals surface area contributed by atoms with E-state index in [9.17, 15) is 13.2 Å². The van der Waals surface area contributed by atoms with Crippen LogP contribution in [0.5, 0.6) is 0 Å². The number of carbonyl (C=O) groups excluding carboxylic acids is 1. The fourth-order valence-corrected chi connectivity index (χ4v) is 5.39. The molecule has 1 atom stereocenters. The van der Waals surface area contributed by atoms with E-state index < -0.39 is 16.1 Å². The quantitative estimate of drug-likeness (QED) is 0.639. The molecule has 150 valence electrons. The first-order chi connectivity index (χ1) is 13.8. The van der Waals surface area contributed by atoms with Gasteiger partial charge >= 0.3 is 0 Å². The minimum atomic E-state index is -3.59. The van der Waals surface area contributed by atoms with E-state index in [4.69, 9.17) is 0 Å². The van der Waals surface area contributed by atoms with Gasteiger partial charge in [-0.3, -0.25) is 9.69 Å². The molecule has 1 amide bonds. The van der Waals surface area contributed by atoms with E-state index in [0.29, 0.717) is 17.2 Å². The van der Waals surface area contributed by atoms with Gasteiger partial charge in [0.15, 0.2) is 5.13 Å². The highest BCUT2D eigenvalue weighted by Crippen LogP contribution is 2.33. The van der Waals surface area contributed by atoms with Crippen LogP contribution in [-0.4, -0.2) is 35.9 Å². The second-order valence-electron chi connectivity index (χ2n) is 7.08. The third-order valence-electron chi connectivity index (χ3n) is 4.95. The summed E-state index contributed by atoms with van der Waals surface area (Å²) in [5.74, 6) is -0.300. The predicted molar refractivity (Wildman–Crippen MR) is 115 cm³/mol. The van der Waals surface area contributed by atoms with Crippen molar-refractivity contribution in [3.63, 3.8) is 0 Å². The highest BCUT2D eigenvalue weighted by Gasteiger charge is 2.40. The molecule has 0 bridgehead atoms. The Bertz CT molecular complexity index is 1140. The van der Waals surface area contributed by atoms with Crippen LogP contribution < -0.4 is 4.90 Å². The third-order valence-corrected chi connectivity index (χ3v) is 7.13. The van der Waals surface area contributed by atoms with Gasteiger partial charge in [0, 0.05) is 11.9 Å². The summed E-state index contributed by atoms with van der Waals surface area (Å²) in [6.45, 7) is 2.05. The van der Waals surface area contributed by atoms with E-state index in [1.54, 1.807) is 0 Å². The topological polar surface area (TPSA) is 70.6 Å². The Morgan fingerprint density at radius 2 is 1.76 bits per heavy atom. The van der Waals surface area contributed by atoms with Crippen LogP contribution in [0.25, 0.3) is 0 Å². The number of sulfonamides is 1. The number of anilines is 2. The van der Waals surface area contributed by atoms with Crippen LogP contribution in [0.2, 0.25) is 0 Å². The Hall–Kier alpha value is -2.55. The zero-order valence-corrected chi connectivity index (χ0v) is 17.8. The smallest absolute Gasteiger partial charge is 0.252 e. The number of nitrogens with zero attached hydrogens (tertiary/aromatic N) is 3. The molecule has 3 aromatic rings. The summed E-state index contributed by atoms with van der Waals surface area (Å²) in [4.78, 5) is 19.8. The highest BCUT2D eigenvalue weighted by molar-refractivity contribution is 7.88. The number of rotatable bonds is 4. The molecule has 29 heavy (non-hydrogen) atoms. The van der Waals surface area contributed by atoms with Crippen molar-refractivity contribution in [2.75, 3.05) is 11.2 Å². The molecule has 0 saturated heterocycles. The van der Waals surface area contributed by atoms with Crippen LogP contribution in [0.15, 0.2) is 60.0 Å². The van der Waals surface area contributed by atoms with E-state index in [-0.39, 0.29) is 12.5 Å². The summed E-state index contributed by atoms with van der Waals surface area (Å²) < 4.78 is 26.4. The molecule has 0 N–H and O–H groups in total. The molecule has 1 aliphatic heterocycles. The molecule has 6 nitrogen and oxygen atoms in total. The lowest BCUT2D eigenvalue weighted by Gasteiger charge is -2.36. The van der Waals surface area contributed by atoms with Gasteiger partial charge in [0.1, 0.15) is 6.04 Å². The number of thiazole rings is 1. The summed E-state index contributed by atoms with van der Waals surface area (Å²) in [6, 6.07) is 16.1. The second kappa shape index (κ2) is 7.70. The Labute approximate surface area is 174 Å². The fraction of sp³-hybridized carbons (Fsp3) is 0.238. The van der Waals surface area contributed by atoms with Crippen molar-refractivity contribution in [1.82, 2.24) is 9.29 Å². The van der Waals surface area contributed by atoms with E-state index in [0.717, 1.165) is 23.1 Å². The number of aryl methyl sites for hydroxylation is 1. The van der Waals surface area contributed by atoms with Crippen molar-refractivity contribution >= 4 is 38.1 Å². The summed E-state index contributed by atoms with van der Waals surface area (Å²) in [7, 11) is -3.59. The maximum atomic E-state index is 13.8. The van der Waals surface area contributed by atoms with Gasteiger partial charge in [0.2, 0.25) is 10.0 Å². The first-order valence-corrected chi connectivity index (χ1v) is 11.9. The van der Waals surface area contributed by atoms with E-state index in [2.05, 4.69) is 4.98 Å². The van der Waals surface area contributed by atoms with E-state index in [1.807, 2.05) is 66.9 Å². The molecule has 0 radical (unpaired) electrons. The van der Waals surface area contributed by atoms with Crippen LogP contribution in [0.4, 0.5) is 10.8 Å². The average Bonchev–Trinajstić information content (AvgIpc) is 3.13. The standard InChI is InChI=1S/C21H21N3O3S2/c1-15-14-28-21(22-15)24(18-10-4-3-5-11-18)20(25)19-12-16-8-6-7-9-17(16)13-23(19)29(2,26)27/h3-11,14,19H,12-13H2,1-2H3/t19-/m1/s1. The molecule has 0 aliphatic carbocycles. The molecule has 2 heterocycles. The summed E-state index contributed by atoms with van der Waals surface area (Å²) in [6.07, 6.45) is 1.48. The molecular formula is C21H21N3O3S2. The van der Waals surface area contributed by atoms with Gasteiger partial charge in [-0.25, -0.2) is 13.4 Å². The number of aromatic nitrogens is 1. The van der Waals surface area contributed by atoms with Crippen LogP contribution in [0.1, 0.15) is 16.8 Å². The number of amides is 1. The fourth-order valence-electron chi connectivity index (χ4n) is 3.56. The van der Waals surface area contributed by atoms with Crippen molar-refractivity contribution in [1.29, 1.82) is 0 Å². The molecular weight excluding hydrogens is 406 g/mol. The van der Waals surface area contributed by atoms with Gasteiger partial charge in [0.05, 0.1) is 17.6 Å². The SMILES string of the molecule is Cc1csc(N(C(=O)[C@H]2Cc3ccccc3CN2S(C)(=O)=O)c2ccccc2)n1. The van der Waals surface area contributed by atoms with Gasteiger partial charge in [-0.05, 0) is 36.6 Å². The third kappa shape index (κ3) is 3.96. The Morgan fingerprint density at radius 3 is 2.38 bits per heavy atom. The molecule has 1 aromatic heterocycles. The van der Waals surface area contributed by atoms with Gasteiger partial charge < -0.3 is 0 Å². The molecule has 0 unspecified atom stereocenters. The number of hydrogen-bond donors (Lipinski definition) is 0. The monoisotopic (exact) mass is 427 g/mol. The lowest BCUT2D eigenvalue weighted by atomic mass is 9.95. The number of fused-ring (bicyclic) bond motifs is 1. The largest absolute Gasteiger partial charge is 0.272 e. The summed E-state index contributed by atoms with van der Waals surface area (Å²) in [5.41, 5.74) is 3.40. The van der Waals surface area contributed by atoms with Crippen LogP contribution in [-0.2, 0) is 27.8 Å². The van der Waals surface area contributed by atoms with Gasteiger partial charge in [-0.1, -0.05) is 42.5 Å². The Morgan fingerprint density at radius 1 is 1.10 bits per heavy atom. The minimum absolute atomic E-state index is 0.185. The number of carbonyl (C=O) groups is 1. The zero-order valence-electron chi connectivity index (χ0n) is 16.1. The summed E-state index contributed by atoms with van der Waals surface area (Å²) >= 11 is 1.37. The molecule has 0 saturated carbocycles. The Kier molecular flexibility index (Phi) is 5.24. The zero-order chi connectivity index (χ0) is 20.6. The lowest BCUT2D eigenvalue weighted by molar-refractivity contribution is -0.121. The Balaban J connectivity index is 1.80. The minimum Gasteiger partial charge on any atom is -0.272 e. The van der Waals surface area contributed by atoms with Crippen LogP contribution in [0.3, 0.4) is 0 Å². The van der Waals surface area contributed by atoms with Crippen molar-refractivity contribution in [3.05, 3.63) is 76.8 Å². The number of hydrogen-bond acceptors (Lipinski definition) is 5. The van der Waals surface area contributed by atoms with Crippen molar-refractivity contribution in [2.24, 2.45) is 0 Å². The lowest BCUT2D eigenvalue weighted by Crippen LogP contribution is -2.52. The normalized spacial score (nSPS) is 17.0. The van der Waals surface area contributed by atoms with Crippen LogP contribution >= 0.6 is 11.3 Å². The number of para-hydroxylation sites is 1. The van der Waals surface area contributed by atoms with E-state index in [1.165, 1.54) is 20.5 Å². The average molecular weight is 428 g/mol. The molecule has 0 spiro atoms. The number of benzene rings is 2. The molecule has 8 heteroatoms. The highest BCUT2D eigenvalue weighted by atomic mass is 32.2. The van der Waals surface area contributed by atoms with E-state index >= 15 is 0 Å². The van der Waals surface area contributed by atoms with Gasteiger partial charge in [0.25, 0.3) is 5.91 Å². The molecule has 0 fully saturated rings. The van der Waals surface area contributed by atoms with Crippen molar-refractivity contribution in [2.45, 2.75) is 25.9 Å².